The van der Waals surface area contributed by atoms with E-state index in [1.165, 1.54) is 18.2 Å². The third kappa shape index (κ3) is 4.44. The SMILES string of the molecule is CC(C)N(C)CCCNC(=O)c1cccc(O)c1O. The molecule has 1 amide bonds. The van der Waals surface area contributed by atoms with Crippen molar-refractivity contribution in [3.05, 3.63) is 23.8 Å². The lowest BCUT2D eigenvalue weighted by atomic mass is 10.1. The van der Waals surface area contributed by atoms with Crippen molar-refractivity contribution in [1.82, 2.24) is 10.2 Å². The molecule has 0 saturated carbocycles. The average molecular weight is 266 g/mol. The van der Waals surface area contributed by atoms with Crippen LogP contribution in [0, 0.1) is 0 Å². The fraction of sp³-hybridized carbons (Fsp3) is 0.500. The standard InChI is InChI=1S/C14H22N2O3/c1-10(2)16(3)9-5-8-15-14(19)11-6-4-7-12(17)13(11)18/h4,6-7,10,17-18H,5,8-9H2,1-3H3,(H,15,19). The summed E-state index contributed by atoms with van der Waals surface area (Å²) in [6, 6.07) is 4.82. The van der Waals surface area contributed by atoms with Gasteiger partial charge in [-0.3, -0.25) is 4.79 Å². The van der Waals surface area contributed by atoms with Gasteiger partial charge in [-0.15, -0.1) is 0 Å². The van der Waals surface area contributed by atoms with E-state index in [0.29, 0.717) is 12.6 Å². The van der Waals surface area contributed by atoms with Gasteiger partial charge in [0.25, 0.3) is 5.91 Å². The van der Waals surface area contributed by atoms with Crippen LogP contribution in [-0.4, -0.2) is 47.2 Å². The van der Waals surface area contributed by atoms with E-state index in [0.717, 1.165) is 13.0 Å². The fourth-order valence-corrected chi connectivity index (χ4v) is 1.60. The molecule has 0 unspecified atom stereocenters. The average Bonchev–Trinajstić information content (AvgIpc) is 2.37. The Kier molecular flexibility index (Phi) is 5.63. The molecule has 0 aliphatic heterocycles. The first-order valence-corrected chi connectivity index (χ1v) is 6.43. The van der Waals surface area contributed by atoms with Crippen molar-refractivity contribution < 1.29 is 15.0 Å². The number of phenols is 2. The van der Waals surface area contributed by atoms with E-state index in [1.54, 1.807) is 0 Å². The summed E-state index contributed by atoms with van der Waals surface area (Å²) in [4.78, 5) is 14.0. The van der Waals surface area contributed by atoms with Gasteiger partial charge in [0.1, 0.15) is 0 Å². The molecule has 0 spiro atoms. The van der Waals surface area contributed by atoms with Crippen molar-refractivity contribution in [2.75, 3.05) is 20.1 Å². The molecule has 5 nitrogen and oxygen atoms in total. The van der Waals surface area contributed by atoms with Crippen LogP contribution >= 0.6 is 0 Å². The summed E-state index contributed by atoms with van der Waals surface area (Å²) in [6.07, 6.45) is 0.833. The van der Waals surface area contributed by atoms with Crippen LogP contribution in [0.2, 0.25) is 0 Å². The molecular weight excluding hydrogens is 244 g/mol. The predicted molar refractivity (Wildman–Crippen MR) is 74.5 cm³/mol. The van der Waals surface area contributed by atoms with Gasteiger partial charge in [0.05, 0.1) is 5.56 Å². The molecule has 0 aromatic heterocycles. The molecule has 1 aromatic carbocycles. The summed E-state index contributed by atoms with van der Waals surface area (Å²) < 4.78 is 0. The summed E-state index contributed by atoms with van der Waals surface area (Å²) in [5, 5.41) is 21.6. The number of hydrogen-bond donors (Lipinski definition) is 3. The fourth-order valence-electron chi connectivity index (χ4n) is 1.60. The number of hydrogen-bond acceptors (Lipinski definition) is 4. The molecule has 0 heterocycles. The molecule has 19 heavy (non-hydrogen) atoms. The number of benzene rings is 1. The Labute approximate surface area is 113 Å². The highest BCUT2D eigenvalue weighted by molar-refractivity contribution is 5.97. The molecule has 0 aliphatic carbocycles. The summed E-state index contributed by atoms with van der Waals surface area (Å²) in [5.41, 5.74) is 0.0946. The second-order valence-corrected chi connectivity index (χ2v) is 4.86. The molecule has 0 atom stereocenters. The largest absolute Gasteiger partial charge is 0.504 e. The Balaban J connectivity index is 2.42. The molecule has 1 aromatic rings. The van der Waals surface area contributed by atoms with Crippen LogP contribution < -0.4 is 5.32 Å². The van der Waals surface area contributed by atoms with Gasteiger partial charge in [0.15, 0.2) is 11.5 Å². The molecule has 1 rings (SSSR count). The normalized spacial score (nSPS) is 11.0. The first-order valence-electron chi connectivity index (χ1n) is 6.43. The van der Waals surface area contributed by atoms with Crippen LogP contribution in [0.15, 0.2) is 18.2 Å². The highest BCUT2D eigenvalue weighted by atomic mass is 16.3. The molecule has 3 N–H and O–H groups in total. The maximum absolute atomic E-state index is 11.8. The third-order valence-electron chi connectivity index (χ3n) is 3.11. The molecule has 0 saturated heterocycles. The van der Waals surface area contributed by atoms with Crippen molar-refractivity contribution >= 4 is 5.91 Å². The van der Waals surface area contributed by atoms with Gasteiger partial charge >= 0.3 is 0 Å². The van der Waals surface area contributed by atoms with Crippen LogP contribution in [0.4, 0.5) is 0 Å². The van der Waals surface area contributed by atoms with E-state index in [2.05, 4.69) is 24.1 Å². The lowest BCUT2D eigenvalue weighted by molar-refractivity contribution is 0.0948. The Hall–Kier alpha value is -1.75. The summed E-state index contributed by atoms with van der Waals surface area (Å²) >= 11 is 0. The second kappa shape index (κ2) is 6.99. The number of rotatable bonds is 6. The van der Waals surface area contributed by atoms with E-state index < -0.39 is 0 Å². The molecule has 0 radical (unpaired) electrons. The van der Waals surface area contributed by atoms with Crippen molar-refractivity contribution in [3.8, 4) is 11.5 Å². The van der Waals surface area contributed by atoms with Crippen molar-refractivity contribution in [3.63, 3.8) is 0 Å². The smallest absolute Gasteiger partial charge is 0.255 e. The number of nitrogens with zero attached hydrogens (tertiary/aromatic N) is 1. The second-order valence-electron chi connectivity index (χ2n) is 4.86. The Morgan fingerprint density at radius 2 is 2.05 bits per heavy atom. The molecular formula is C14H22N2O3. The molecule has 0 aliphatic rings. The molecule has 5 heteroatoms. The van der Waals surface area contributed by atoms with Gasteiger partial charge in [0, 0.05) is 12.6 Å². The van der Waals surface area contributed by atoms with Crippen LogP contribution in [0.1, 0.15) is 30.6 Å². The van der Waals surface area contributed by atoms with E-state index in [-0.39, 0.29) is 23.0 Å². The monoisotopic (exact) mass is 266 g/mol. The summed E-state index contributed by atoms with van der Waals surface area (Å²) in [5.74, 6) is -1.04. The highest BCUT2D eigenvalue weighted by Gasteiger charge is 2.13. The Morgan fingerprint density at radius 1 is 1.37 bits per heavy atom. The Bertz CT molecular complexity index is 433. The maximum Gasteiger partial charge on any atom is 0.255 e. The zero-order valence-electron chi connectivity index (χ0n) is 11.7. The predicted octanol–water partition coefficient (Wildman–Crippen LogP) is 1.56. The first kappa shape index (κ1) is 15.3. The molecule has 0 bridgehead atoms. The third-order valence-corrected chi connectivity index (χ3v) is 3.11. The van der Waals surface area contributed by atoms with Gasteiger partial charge in [-0.25, -0.2) is 0 Å². The number of nitrogens with one attached hydrogen (secondary N) is 1. The van der Waals surface area contributed by atoms with Gasteiger partial charge in [-0.1, -0.05) is 6.07 Å². The van der Waals surface area contributed by atoms with Crippen LogP contribution in [-0.2, 0) is 0 Å². The van der Waals surface area contributed by atoms with Crippen LogP contribution in [0.5, 0.6) is 11.5 Å². The number of amides is 1. The number of carbonyl (C=O) groups excluding carboxylic acids is 1. The minimum Gasteiger partial charge on any atom is -0.504 e. The lowest BCUT2D eigenvalue weighted by Gasteiger charge is -2.20. The quantitative estimate of drug-likeness (QED) is 0.539. The number of phenolic OH excluding ortho intramolecular Hbond substituents is 2. The number of carbonyl (C=O) groups is 1. The minimum atomic E-state index is -0.376. The van der Waals surface area contributed by atoms with Gasteiger partial charge in [-0.2, -0.15) is 0 Å². The molecule has 0 fully saturated rings. The Morgan fingerprint density at radius 3 is 2.68 bits per heavy atom. The van der Waals surface area contributed by atoms with Gasteiger partial charge < -0.3 is 20.4 Å². The van der Waals surface area contributed by atoms with Crippen molar-refractivity contribution in [2.45, 2.75) is 26.3 Å². The van der Waals surface area contributed by atoms with E-state index >= 15 is 0 Å². The topological polar surface area (TPSA) is 72.8 Å². The van der Waals surface area contributed by atoms with Crippen LogP contribution in [0.3, 0.4) is 0 Å². The summed E-state index contributed by atoms with van der Waals surface area (Å²) in [6.45, 7) is 5.65. The van der Waals surface area contributed by atoms with E-state index in [9.17, 15) is 15.0 Å². The van der Waals surface area contributed by atoms with Crippen molar-refractivity contribution in [2.24, 2.45) is 0 Å². The van der Waals surface area contributed by atoms with Gasteiger partial charge in [0.2, 0.25) is 0 Å². The first-order chi connectivity index (χ1) is 8.93. The zero-order valence-corrected chi connectivity index (χ0v) is 11.7. The van der Waals surface area contributed by atoms with Crippen LogP contribution in [0.25, 0.3) is 0 Å². The minimum absolute atomic E-state index is 0.0946. The van der Waals surface area contributed by atoms with Gasteiger partial charge in [-0.05, 0) is 46.0 Å². The number of para-hydroxylation sites is 1. The number of aromatic hydroxyl groups is 2. The highest BCUT2D eigenvalue weighted by Crippen LogP contribution is 2.27. The van der Waals surface area contributed by atoms with Crippen molar-refractivity contribution in [1.29, 1.82) is 0 Å². The summed E-state index contributed by atoms with van der Waals surface area (Å²) in [7, 11) is 2.04. The lowest BCUT2D eigenvalue weighted by Crippen LogP contribution is -2.31. The van der Waals surface area contributed by atoms with E-state index in [1.807, 2.05) is 7.05 Å². The zero-order chi connectivity index (χ0) is 14.4. The van der Waals surface area contributed by atoms with E-state index in [4.69, 9.17) is 0 Å². The maximum atomic E-state index is 11.8. The molecule has 106 valence electrons.